The molecule has 0 spiro atoms. The minimum absolute atomic E-state index is 0.314. The van der Waals surface area contributed by atoms with E-state index < -0.39 is 31.3 Å². The molecule has 0 aliphatic carbocycles. The lowest BCUT2D eigenvalue weighted by Crippen LogP contribution is -2.38. The molecule has 1 saturated heterocycles. The van der Waals surface area contributed by atoms with E-state index in [-0.39, 0.29) is 0 Å². The van der Waals surface area contributed by atoms with Gasteiger partial charge >= 0.3 is 5.69 Å². The van der Waals surface area contributed by atoms with Crippen LogP contribution in [0.5, 0.6) is 0 Å². The zero-order valence-corrected chi connectivity index (χ0v) is 12.5. The molecule has 1 aromatic rings. The van der Waals surface area contributed by atoms with Gasteiger partial charge in [0.15, 0.2) is 4.90 Å². The Morgan fingerprint density at radius 1 is 1.38 bits per heavy atom. The maximum Gasteiger partial charge on any atom is 0.324 e. The van der Waals surface area contributed by atoms with Crippen molar-refractivity contribution in [2.24, 2.45) is 5.92 Å². The standard InChI is InChI=1S/C13H17FN2O4S/c1-2-10-6-8-15(9-7-10)21(19,20)12-5-3-4-11(14)13(12)16(17)18/h3-5,10H,2,6-9H2,1H3. The molecule has 1 aromatic carbocycles. The average Bonchev–Trinajstić information content (AvgIpc) is 2.46. The van der Waals surface area contributed by atoms with Gasteiger partial charge in [0.1, 0.15) is 0 Å². The van der Waals surface area contributed by atoms with Crippen molar-refractivity contribution in [3.05, 3.63) is 34.1 Å². The molecule has 6 nitrogen and oxygen atoms in total. The molecule has 1 aliphatic rings. The van der Waals surface area contributed by atoms with Gasteiger partial charge in [-0.05, 0) is 30.9 Å². The molecule has 2 rings (SSSR count). The highest BCUT2D eigenvalue weighted by Crippen LogP contribution is 2.31. The fourth-order valence-corrected chi connectivity index (χ4v) is 4.21. The topological polar surface area (TPSA) is 80.5 Å². The predicted molar refractivity (Wildman–Crippen MR) is 74.8 cm³/mol. The van der Waals surface area contributed by atoms with E-state index in [0.717, 1.165) is 31.4 Å². The van der Waals surface area contributed by atoms with Crippen molar-refractivity contribution in [1.82, 2.24) is 4.31 Å². The second-order valence-corrected chi connectivity index (χ2v) is 7.01. The van der Waals surface area contributed by atoms with Crippen LogP contribution in [0.3, 0.4) is 0 Å². The number of hydrogen-bond donors (Lipinski definition) is 0. The first-order valence-electron chi connectivity index (χ1n) is 6.81. The molecule has 0 bridgehead atoms. The van der Waals surface area contributed by atoms with Gasteiger partial charge in [-0.2, -0.15) is 8.70 Å². The van der Waals surface area contributed by atoms with Gasteiger partial charge in [-0.15, -0.1) is 0 Å². The summed E-state index contributed by atoms with van der Waals surface area (Å²) in [5.74, 6) is -0.663. The van der Waals surface area contributed by atoms with Crippen LogP contribution in [0.1, 0.15) is 26.2 Å². The summed E-state index contributed by atoms with van der Waals surface area (Å²) in [6, 6.07) is 3.15. The van der Waals surface area contributed by atoms with Gasteiger partial charge in [-0.1, -0.05) is 19.4 Å². The molecule has 8 heteroatoms. The molecular formula is C13H17FN2O4S. The normalized spacial score (nSPS) is 17.8. The molecule has 0 unspecified atom stereocenters. The third kappa shape index (κ3) is 3.06. The van der Waals surface area contributed by atoms with Crippen LogP contribution in [0, 0.1) is 21.8 Å². The fourth-order valence-electron chi connectivity index (χ4n) is 2.58. The highest BCUT2D eigenvalue weighted by atomic mass is 32.2. The number of sulfonamides is 1. The summed E-state index contributed by atoms with van der Waals surface area (Å²) >= 11 is 0. The summed E-state index contributed by atoms with van der Waals surface area (Å²) in [5.41, 5.74) is -0.977. The van der Waals surface area contributed by atoms with Gasteiger partial charge in [-0.3, -0.25) is 10.1 Å². The van der Waals surface area contributed by atoms with E-state index in [1.807, 2.05) is 6.92 Å². The molecule has 1 heterocycles. The number of rotatable bonds is 4. The summed E-state index contributed by atoms with van der Waals surface area (Å²) in [5, 5.41) is 11.0. The van der Waals surface area contributed by atoms with E-state index in [0.29, 0.717) is 19.0 Å². The molecule has 0 aromatic heterocycles. The number of nitro groups is 1. The Kier molecular flexibility index (Phi) is 4.58. The molecular weight excluding hydrogens is 299 g/mol. The lowest BCUT2D eigenvalue weighted by atomic mass is 9.96. The van der Waals surface area contributed by atoms with Crippen LogP contribution in [-0.4, -0.2) is 30.7 Å². The molecule has 1 aliphatic heterocycles. The van der Waals surface area contributed by atoms with Crippen molar-refractivity contribution in [2.75, 3.05) is 13.1 Å². The molecule has 21 heavy (non-hydrogen) atoms. The second kappa shape index (κ2) is 6.07. The Labute approximate surface area is 122 Å². The Morgan fingerprint density at radius 2 is 2.00 bits per heavy atom. The summed E-state index contributed by atoms with van der Waals surface area (Å²) in [6.07, 6.45) is 2.42. The minimum atomic E-state index is -4.04. The molecule has 1 fully saturated rings. The molecule has 116 valence electrons. The number of nitrogens with zero attached hydrogens (tertiary/aromatic N) is 2. The Bertz CT molecular complexity index is 640. The van der Waals surface area contributed by atoms with Crippen LogP contribution in [-0.2, 0) is 10.0 Å². The van der Waals surface area contributed by atoms with Gasteiger partial charge < -0.3 is 0 Å². The summed E-state index contributed by atoms with van der Waals surface area (Å²) in [4.78, 5) is 9.40. The second-order valence-electron chi connectivity index (χ2n) is 5.10. The largest absolute Gasteiger partial charge is 0.324 e. The summed E-state index contributed by atoms with van der Waals surface area (Å²) < 4.78 is 39.8. The van der Waals surface area contributed by atoms with Crippen molar-refractivity contribution >= 4 is 15.7 Å². The van der Waals surface area contributed by atoms with Gasteiger partial charge in [-0.25, -0.2) is 8.42 Å². The first-order valence-corrected chi connectivity index (χ1v) is 8.25. The highest BCUT2D eigenvalue weighted by molar-refractivity contribution is 7.89. The minimum Gasteiger partial charge on any atom is -0.258 e. The SMILES string of the molecule is CCC1CCN(S(=O)(=O)c2cccc(F)c2[N+](=O)[O-])CC1. The van der Waals surface area contributed by atoms with Crippen molar-refractivity contribution < 1.29 is 17.7 Å². The van der Waals surface area contributed by atoms with E-state index >= 15 is 0 Å². The fraction of sp³-hybridized carbons (Fsp3) is 0.538. The molecule has 0 saturated carbocycles. The van der Waals surface area contributed by atoms with Crippen LogP contribution in [0.25, 0.3) is 0 Å². The van der Waals surface area contributed by atoms with Crippen LogP contribution in [0.15, 0.2) is 23.1 Å². The van der Waals surface area contributed by atoms with E-state index in [2.05, 4.69) is 0 Å². The van der Waals surface area contributed by atoms with Crippen LogP contribution in [0.2, 0.25) is 0 Å². The van der Waals surface area contributed by atoms with E-state index in [4.69, 9.17) is 0 Å². The molecule has 0 atom stereocenters. The third-order valence-corrected chi connectivity index (χ3v) is 5.83. The number of nitro benzene ring substituents is 1. The van der Waals surface area contributed by atoms with E-state index in [9.17, 15) is 22.9 Å². The van der Waals surface area contributed by atoms with Gasteiger partial charge in [0, 0.05) is 13.1 Å². The van der Waals surface area contributed by atoms with Crippen LogP contribution in [0.4, 0.5) is 10.1 Å². The van der Waals surface area contributed by atoms with Crippen molar-refractivity contribution in [3.63, 3.8) is 0 Å². The smallest absolute Gasteiger partial charge is 0.258 e. The van der Waals surface area contributed by atoms with Crippen molar-refractivity contribution in [3.8, 4) is 0 Å². The Morgan fingerprint density at radius 3 is 2.52 bits per heavy atom. The quantitative estimate of drug-likeness (QED) is 0.631. The number of halogens is 1. The summed E-state index contributed by atoms with van der Waals surface area (Å²) in [6.45, 7) is 2.68. The predicted octanol–water partition coefficient (Wildman–Crippen LogP) is 2.54. The average molecular weight is 316 g/mol. The number of piperidine rings is 1. The number of hydrogen-bond acceptors (Lipinski definition) is 4. The molecule has 0 amide bonds. The molecule has 0 radical (unpaired) electrons. The van der Waals surface area contributed by atoms with Gasteiger partial charge in [0.25, 0.3) is 0 Å². The first kappa shape index (κ1) is 15.8. The van der Waals surface area contributed by atoms with Crippen LogP contribution >= 0.6 is 0 Å². The van der Waals surface area contributed by atoms with Crippen molar-refractivity contribution in [2.45, 2.75) is 31.1 Å². The lowest BCUT2D eigenvalue weighted by molar-refractivity contribution is -0.390. The number of benzene rings is 1. The number of para-hydroxylation sites is 1. The lowest BCUT2D eigenvalue weighted by Gasteiger charge is -2.30. The zero-order chi connectivity index (χ0) is 15.6. The first-order chi connectivity index (χ1) is 9.87. The Balaban J connectivity index is 2.37. The third-order valence-electron chi connectivity index (χ3n) is 3.90. The van der Waals surface area contributed by atoms with Gasteiger partial charge in [0.05, 0.1) is 4.92 Å². The van der Waals surface area contributed by atoms with E-state index in [1.54, 1.807) is 0 Å². The van der Waals surface area contributed by atoms with Crippen molar-refractivity contribution in [1.29, 1.82) is 0 Å². The maximum atomic E-state index is 13.6. The molecule has 0 N–H and O–H groups in total. The van der Waals surface area contributed by atoms with Gasteiger partial charge in [0.2, 0.25) is 15.8 Å². The monoisotopic (exact) mass is 316 g/mol. The van der Waals surface area contributed by atoms with E-state index in [1.165, 1.54) is 10.4 Å². The highest BCUT2D eigenvalue weighted by Gasteiger charge is 2.35. The summed E-state index contributed by atoms with van der Waals surface area (Å²) in [7, 11) is -4.04. The maximum absolute atomic E-state index is 13.6. The Hall–Kier alpha value is -1.54. The zero-order valence-electron chi connectivity index (χ0n) is 11.7. The van der Waals surface area contributed by atoms with Crippen LogP contribution < -0.4 is 0 Å².